The number of hydrogen-bond donors (Lipinski definition) is 3. The molecule has 10 nitrogen and oxygen atoms in total. The fraction of sp³-hybridized carbons (Fsp3) is 0.250. The number of aromatic nitrogens is 6. The normalized spacial score (nSPS) is 14.9. The maximum Gasteiger partial charge on any atom is 0.277 e. The van der Waals surface area contributed by atoms with Crippen LogP contribution in [0.4, 0.5) is 11.6 Å². The van der Waals surface area contributed by atoms with Crippen LogP contribution in [0.5, 0.6) is 0 Å². The number of fused-ring (bicyclic) bond motifs is 1. The van der Waals surface area contributed by atoms with Gasteiger partial charge in [-0.25, -0.2) is 4.98 Å². The molecule has 1 aliphatic rings. The number of aromatic amines is 2. The van der Waals surface area contributed by atoms with Crippen LogP contribution < -0.4 is 10.2 Å². The van der Waals surface area contributed by atoms with Crippen LogP contribution >= 0.6 is 0 Å². The van der Waals surface area contributed by atoms with Gasteiger partial charge in [-0.3, -0.25) is 9.89 Å². The number of anilines is 2. The summed E-state index contributed by atoms with van der Waals surface area (Å²) in [6, 6.07) is 13.0. The Balaban J connectivity index is 1.26. The highest BCUT2D eigenvalue weighted by molar-refractivity contribution is 6.02. The van der Waals surface area contributed by atoms with Crippen LogP contribution in [0.3, 0.4) is 0 Å². The number of nitrogens with zero attached hydrogens (tertiary/aromatic N) is 6. The van der Waals surface area contributed by atoms with Crippen molar-refractivity contribution < 1.29 is 4.79 Å². The molecule has 1 fully saturated rings. The number of nitrogens with one attached hydrogen (secondary N) is 3. The summed E-state index contributed by atoms with van der Waals surface area (Å²) < 4.78 is 0. The van der Waals surface area contributed by atoms with E-state index in [0.29, 0.717) is 17.3 Å². The first-order valence-corrected chi connectivity index (χ1v) is 9.75. The van der Waals surface area contributed by atoms with E-state index in [9.17, 15) is 4.79 Å². The minimum Gasteiger partial charge on any atom is -0.353 e. The predicted molar refractivity (Wildman–Crippen MR) is 113 cm³/mol. The molecule has 3 aromatic heterocycles. The highest BCUT2D eigenvalue weighted by Crippen LogP contribution is 2.21. The number of rotatable bonds is 4. The highest BCUT2D eigenvalue weighted by atomic mass is 16.2. The number of amides is 1. The summed E-state index contributed by atoms with van der Waals surface area (Å²) in [5.74, 6) is 1.46. The van der Waals surface area contributed by atoms with Gasteiger partial charge in [0.15, 0.2) is 23.2 Å². The van der Waals surface area contributed by atoms with E-state index >= 15 is 0 Å². The van der Waals surface area contributed by atoms with Crippen molar-refractivity contribution in [1.82, 2.24) is 35.3 Å². The maximum absolute atomic E-state index is 12.5. The Morgan fingerprint density at radius 3 is 2.67 bits per heavy atom. The Bertz CT molecular complexity index is 1140. The van der Waals surface area contributed by atoms with Gasteiger partial charge in [-0.05, 0) is 31.3 Å². The van der Waals surface area contributed by atoms with Crippen molar-refractivity contribution in [3.8, 4) is 11.5 Å². The molecule has 0 unspecified atom stereocenters. The molecule has 30 heavy (non-hydrogen) atoms. The zero-order valence-electron chi connectivity index (χ0n) is 16.5. The van der Waals surface area contributed by atoms with Crippen LogP contribution in [0.2, 0.25) is 0 Å². The molecule has 1 amide bonds. The molecule has 4 heterocycles. The summed E-state index contributed by atoms with van der Waals surface area (Å²) in [6.07, 6.45) is 0. The zero-order valence-corrected chi connectivity index (χ0v) is 16.5. The first-order valence-electron chi connectivity index (χ1n) is 9.75. The van der Waals surface area contributed by atoms with E-state index in [2.05, 4.69) is 52.5 Å². The number of likely N-dealkylation sites (N-methyl/N-ethyl adjacent to an activating group) is 1. The van der Waals surface area contributed by atoms with Crippen molar-refractivity contribution in [3.05, 3.63) is 48.2 Å². The summed E-state index contributed by atoms with van der Waals surface area (Å²) in [4.78, 5) is 24.7. The van der Waals surface area contributed by atoms with Crippen molar-refractivity contribution in [2.45, 2.75) is 0 Å². The van der Waals surface area contributed by atoms with Crippen molar-refractivity contribution in [3.63, 3.8) is 0 Å². The average molecular weight is 403 g/mol. The summed E-state index contributed by atoms with van der Waals surface area (Å²) in [7, 11) is 2.10. The maximum atomic E-state index is 12.5. The molecule has 1 saturated heterocycles. The highest BCUT2D eigenvalue weighted by Gasteiger charge is 2.17. The van der Waals surface area contributed by atoms with Gasteiger partial charge in [-0.2, -0.15) is 5.10 Å². The van der Waals surface area contributed by atoms with Gasteiger partial charge in [0, 0.05) is 32.2 Å². The Hall–Kier alpha value is -3.79. The van der Waals surface area contributed by atoms with Crippen LogP contribution in [-0.2, 0) is 0 Å². The molecule has 3 N–H and O–H groups in total. The van der Waals surface area contributed by atoms with Crippen molar-refractivity contribution in [2.24, 2.45) is 0 Å². The number of imidazole rings is 1. The second kappa shape index (κ2) is 7.56. The number of para-hydroxylation sites is 2. The molecule has 0 spiro atoms. The van der Waals surface area contributed by atoms with E-state index in [4.69, 9.17) is 0 Å². The molecule has 0 bridgehead atoms. The van der Waals surface area contributed by atoms with Crippen LogP contribution in [0.15, 0.2) is 42.5 Å². The molecule has 152 valence electrons. The Morgan fingerprint density at radius 1 is 1.07 bits per heavy atom. The van der Waals surface area contributed by atoms with Crippen LogP contribution in [0.1, 0.15) is 10.5 Å². The van der Waals surface area contributed by atoms with Crippen molar-refractivity contribution in [2.75, 3.05) is 43.4 Å². The second-order valence-electron chi connectivity index (χ2n) is 7.29. The minimum atomic E-state index is -0.366. The quantitative estimate of drug-likeness (QED) is 0.475. The molecule has 0 saturated carbocycles. The zero-order chi connectivity index (χ0) is 20.5. The third kappa shape index (κ3) is 3.60. The number of H-pyrrole nitrogens is 2. The standard InChI is InChI=1S/C20H21N9O/c1-28-8-10-29(11-9-28)18-7-6-15(24-27-18)20(30)23-17-12-16(25-26-17)19-21-13-4-2-3-5-14(13)22-19/h2-7,12H,8-11H2,1H3,(H,21,22)(H2,23,25,26,30). The number of benzene rings is 1. The third-order valence-corrected chi connectivity index (χ3v) is 5.17. The van der Waals surface area contributed by atoms with Gasteiger partial charge in [0.25, 0.3) is 5.91 Å². The van der Waals surface area contributed by atoms with Gasteiger partial charge in [-0.1, -0.05) is 12.1 Å². The predicted octanol–water partition coefficient (Wildman–Crippen LogP) is 1.75. The van der Waals surface area contributed by atoms with Gasteiger partial charge in [0.05, 0.1) is 11.0 Å². The van der Waals surface area contributed by atoms with E-state index in [1.165, 1.54) is 0 Å². The van der Waals surface area contributed by atoms with E-state index < -0.39 is 0 Å². The molecule has 5 rings (SSSR count). The van der Waals surface area contributed by atoms with Gasteiger partial charge in [-0.15, -0.1) is 10.2 Å². The molecular formula is C20H21N9O. The number of carbonyl (C=O) groups is 1. The van der Waals surface area contributed by atoms with Gasteiger partial charge in [0.2, 0.25) is 0 Å². The second-order valence-corrected chi connectivity index (χ2v) is 7.29. The topological polar surface area (TPSA) is 119 Å². The molecular weight excluding hydrogens is 382 g/mol. The lowest BCUT2D eigenvalue weighted by atomic mass is 10.3. The van der Waals surface area contributed by atoms with Crippen LogP contribution in [0, 0.1) is 0 Å². The first-order chi connectivity index (χ1) is 14.7. The number of piperazine rings is 1. The molecule has 0 aliphatic carbocycles. The molecule has 10 heteroatoms. The minimum absolute atomic E-state index is 0.237. The number of hydrogen-bond acceptors (Lipinski definition) is 7. The Morgan fingerprint density at radius 2 is 1.90 bits per heavy atom. The Labute approximate surface area is 172 Å². The SMILES string of the molecule is CN1CCN(c2ccc(C(=O)Nc3cc(-c4nc5ccccc5[nH]4)[nH]n3)nn2)CC1. The molecule has 0 radical (unpaired) electrons. The average Bonchev–Trinajstić information content (AvgIpc) is 3.41. The summed E-state index contributed by atoms with van der Waals surface area (Å²) in [6.45, 7) is 3.76. The number of carbonyl (C=O) groups excluding carboxylic acids is 1. The van der Waals surface area contributed by atoms with E-state index in [1.54, 1.807) is 12.1 Å². The summed E-state index contributed by atoms with van der Waals surface area (Å²) >= 11 is 0. The molecule has 4 aromatic rings. The van der Waals surface area contributed by atoms with Crippen LogP contribution in [-0.4, -0.2) is 74.4 Å². The lowest BCUT2D eigenvalue weighted by Crippen LogP contribution is -2.44. The van der Waals surface area contributed by atoms with Crippen molar-refractivity contribution >= 4 is 28.6 Å². The van der Waals surface area contributed by atoms with E-state index in [1.807, 2.05) is 30.3 Å². The van der Waals surface area contributed by atoms with Gasteiger partial charge in [0.1, 0.15) is 5.69 Å². The monoisotopic (exact) mass is 403 g/mol. The summed E-state index contributed by atoms with van der Waals surface area (Å²) in [5, 5.41) is 18.1. The summed E-state index contributed by atoms with van der Waals surface area (Å²) in [5.41, 5.74) is 2.71. The fourth-order valence-corrected chi connectivity index (χ4v) is 3.42. The van der Waals surface area contributed by atoms with Gasteiger partial charge < -0.3 is 20.1 Å². The van der Waals surface area contributed by atoms with E-state index in [0.717, 1.165) is 43.0 Å². The lowest BCUT2D eigenvalue weighted by molar-refractivity contribution is 0.102. The first kappa shape index (κ1) is 18.3. The largest absolute Gasteiger partial charge is 0.353 e. The van der Waals surface area contributed by atoms with Crippen molar-refractivity contribution in [1.29, 1.82) is 0 Å². The molecule has 0 atom stereocenters. The molecule has 1 aromatic carbocycles. The smallest absolute Gasteiger partial charge is 0.277 e. The van der Waals surface area contributed by atoms with E-state index in [-0.39, 0.29) is 11.6 Å². The molecule has 1 aliphatic heterocycles. The van der Waals surface area contributed by atoms with Gasteiger partial charge >= 0.3 is 0 Å². The third-order valence-electron chi connectivity index (χ3n) is 5.17. The lowest BCUT2D eigenvalue weighted by Gasteiger charge is -2.32. The Kier molecular flexibility index (Phi) is 4.60. The van der Waals surface area contributed by atoms with Crippen LogP contribution in [0.25, 0.3) is 22.6 Å². The fourth-order valence-electron chi connectivity index (χ4n) is 3.42.